The van der Waals surface area contributed by atoms with E-state index in [2.05, 4.69) is 26.2 Å². The van der Waals surface area contributed by atoms with E-state index in [1.807, 2.05) is 19.2 Å². The lowest BCUT2D eigenvalue weighted by Gasteiger charge is -2.25. The highest BCUT2D eigenvalue weighted by Gasteiger charge is 2.23. The van der Waals surface area contributed by atoms with Gasteiger partial charge in [0.05, 0.1) is 11.1 Å². The smallest absolute Gasteiger partial charge is 0.336 e. The van der Waals surface area contributed by atoms with Crippen LogP contribution in [0.4, 0.5) is 5.69 Å². The monoisotopic (exact) mass is 340 g/mol. The molecular formula is C13H13BrN2O2S. The molecule has 0 aliphatic carbocycles. The second-order valence-electron chi connectivity index (χ2n) is 4.59. The van der Waals surface area contributed by atoms with Gasteiger partial charge in [0.2, 0.25) is 0 Å². The van der Waals surface area contributed by atoms with Crippen LogP contribution in [-0.4, -0.2) is 16.1 Å². The summed E-state index contributed by atoms with van der Waals surface area (Å²) in [6, 6.07) is 5.09. The standard InChI is InChI=1S/C13H13BrN2O2S/c1-13(2,12-15-5-6-19-12)16-8-3-4-9(11(17)18)10(14)7-8/h3-7,16H,1-2H3,(H,17,18). The molecule has 0 aliphatic rings. The lowest BCUT2D eigenvalue weighted by atomic mass is 10.1. The predicted molar refractivity (Wildman–Crippen MR) is 79.9 cm³/mol. The Kier molecular flexibility index (Phi) is 3.91. The molecule has 1 aromatic carbocycles. The van der Waals surface area contributed by atoms with E-state index in [0.717, 1.165) is 10.7 Å². The molecule has 0 fully saturated rings. The van der Waals surface area contributed by atoms with E-state index < -0.39 is 5.97 Å². The minimum absolute atomic E-state index is 0.248. The fourth-order valence-corrected chi connectivity index (χ4v) is 2.98. The summed E-state index contributed by atoms with van der Waals surface area (Å²) in [7, 11) is 0. The van der Waals surface area contributed by atoms with E-state index in [0.29, 0.717) is 4.47 Å². The van der Waals surface area contributed by atoms with Gasteiger partial charge in [-0.15, -0.1) is 11.3 Å². The molecule has 1 aromatic heterocycles. The maximum absolute atomic E-state index is 10.9. The van der Waals surface area contributed by atoms with Gasteiger partial charge in [0, 0.05) is 21.7 Å². The molecule has 6 heteroatoms. The number of aromatic nitrogens is 1. The van der Waals surface area contributed by atoms with Crippen LogP contribution < -0.4 is 5.32 Å². The first kappa shape index (κ1) is 14.0. The third-order valence-corrected chi connectivity index (χ3v) is 4.38. The number of nitrogens with zero attached hydrogens (tertiary/aromatic N) is 1. The fourth-order valence-electron chi connectivity index (χ4n) is 1.71. The van der Waals surface area contributed by atoms with Crippen molar-refractivity contribution in [2.75, 3.05) is 5.32 Å². The SMILES string of the molecule is CC(C)(Nc1ccc(C(=O)O)c(Br)c1)c1nccs1. The van der Waals surface area contributed by atoms with Crippen molar-refractivity contribution in [3.05, 3.63) is 44.8 Å². The summed E-state index contributed by atoms with van der Waals surface area (Å²) in [5.74, 6) is -0.947. The van der Waals surface area contributed by atoms with Crippen LogP contribution >= 0.6 is 27.3 Å². The minimum atomic E-state index is -0.947. The lowest BCUT2D eigenvalue weighted by Crippen LogP contribution is -2.27. The van der Waals surface area contributed by atoms with E-state index in [1.54, 1.807) is 35.7 Å². The molecule has 1 heterocycles. The average Bonchev–Trinajstić information content (AvgIpc) is 2.81. The zero-order valence-electron chi connectivity index (χ0n) is 10.5. The van der Waals surface area contributed by atoms with Crippen LogP contribution in [0, 0.1) is 0 Å². The summed E-state index contributed by atoms with van der Waals surface area (Å²) in [5, 5.41) is 15.2. The Labute approximate surface area is 123 Å². The van der Waals surface area contributed by atoms with Crippen molar-refractivity contribution in [2.24, 2.45) is 0 Å². The number of hydrogen-bond acceptors (Lipinski definition) is 4. The number of aromatic carboxylic acids is 1. The first-order valence-corrected chi connectivity index (χ1v) is 7.28. The van der Waals surface area contributed by atoms with Crippen LogP contribution in [0.15, 0.2) is 34.2 Å². The molecule has 0 atom stereocenters. The van der Waals surface area contributed by atoms with E-state index in [9.17, 15) is 4.79 Å². The van der Waals surface area contributed by atoms with Gasteiger partial charge in [-0.1, -0.05) is 0 Å². The number of nitrogens with one attached hydrogen (secondary N) is 1. The Morgan fingerprint density at radius 2 is 2.21 bits per heavy atom. The minimum Gasteiger partial charge on any atom is -0.478 e. The molecule has 2 N–H and O–H groups in total. The number of thiazole rings is 1. The summed E-state index contributed by atoms with van der Waals surface area (Å²) >= 11 is 4.85. The van der Waals surface area contributed by atoms with Gasteiger partial charge in [0.15, 0.2) is 0 Å². The molecule has 4 nitrogen and oxygen atoms in total. The molecular weight excluding hydrogens is 328 g/mol. The molecule has 0 saturated carbocycles. The Bertz CT molecular complexity index is 597. The average molecular weight is 341 g/mol. The fraction of sp³-hybridized carbons (Fsp3) is 0.231. The third kappa shape index (κ3) is 3.13. The summed E-state index contributed by atoms with van der Waals surface area (Å²) in [6.45, 7) is 4.07. The summed E-state index contributed by atoms with van der Waals surface area (Å²) < 4.78 is 0.555. The van der Waals surface area contributed by atoms with Gasteiger partial charge in [-0.3, -0.25) is 0 Å². The normalized spacial score (nSPS) is 11.3. The number of benzene rings is 1. The van der Waals surface area contributed by atoms with Gasteiger partial charge >= 0.3 is 5.97 Å². The van der Waals surface area contributed by atoms with Crippen LogP contribution in [-0.2, 0) is 5.54 Å². The van der Waals surface area contributed by atoms with Gasteiger partial charge in [0.1, 0.15) is 5.01 Å². The molecule has 0 radical (unpaired) electrons. The second kappa shape index (κ2) is 5.30. The maximum Gasteiger partial charge on any atom is 0.336 e. The van der Waals surface area contributed by atoms with E-state index in [1.165, 1.54) is 0 Å². The van der Waals surface area contributed by atoms with Crippen LogP contribution in [0.2, 0.25) is 0 Å². The molecule has 0 bridgehead atoms. The van der Waals surface area contributed by atoms with Crippen molar-refractivity contribution >= 4 is 38.9 Å². The van der Waals surface area contributed by atoms with Crippen LogP contribution in [0.3, 0.4) is 0 Å². The number of carboxylic acid groups (broad SMARTS) is 1. The number of carboxylic acids is 1. The van der Waals surface area contributed by atoms with Crippen molar-refractivity contribution in [1.82, 2.24) is 4.98 Å². The largest absolute Gasteiger partial charge is 0.478 e. The van der Waals surface area contributed by atoms with Crippen molar-refractivity contribution in [3.63, 3.8) is 0 Å². The van der Waals surface area contributed by atoms with Gasteiger partial charge < -0.3 is 10.4 Å². The molecule has 2 rings (SSSR count). The van der Waals surface area contributed by atoms with Gasteiger partial charge in [-0.05, 0) is 48.0 Å². The number of hydrogen-bond donors (Lipinski definition) is 2. The summed E-state index contributed by atoms with van der Waals surface area (Å²) in [5.41, 5.74) is 0.785. The van der Waals surface area contributed by atoms with Crippen LogP contribution in [0.1, 0.15) is 29.2 Å². The first-order chi connectivity index (χ1) is 8.90. The lowest BCUT2D eigenvalue weighted by molar-refractivity contribution is 0.0696. The summed E-state index contributed by atoms with van der Waals surface area (Å²) in [4.78, 5) is 15.2. The molecule has 0 amide bonds. The van der Waals surface area contributed by atoms with Crippen molar-refractivity contribution in [1.29, 1.82) is 0 Å². The molecule has 19 heavy (non-hydrogen) atoms. The Morgan fingerprint density at radius 1 is 1.47 bits per heavy atom. The first-order valence-electron chi connectivity index (χ1n) is 5.61. The number of halogens is 1. The van der Waals surface area contributed by atoms with E-state index in [-0.39, 0.29) is 11.1 Å². The van der Waals surface area contributed by atoms with Crippen molar-refractivity contribution in [3.8, 4) is 0 Å². The highest BCUT2D eigenvalue weighted by Crippen LogP contribution is 2.29. The predicted octanol–water partition coefficient (Wildman–Crippen LogP) is 3.95. The molecule has 0 spiro atoms. The van der Waals surface area contributed by atoms with E-state index >= 15 is 0 Å². The van der Waals surface area contributed by atoms with E-state index in [4.69, 9.17) is 5.11 Å². The highest BCUT2D eigenvalue weighted by molar-refractivity contribution is 9.10. The molecule has 2 aromatic rings. The number of carbonyl (C=O) groups is 1. The topological polar surface area (TPSA) is 62.2 Å². The Hall–Kier alpha value is -1.40. The quantitative estimate of drug-likeness (QED) is 0.884. The number of anilines is 1. The zero-order valence-corrected chi connectivity index (χ0v) is 12.9. The van der Waals surface area contributed by atoms with Gasteiger partial charge in [-0.25, -0.2) is 9.78 Å². The van der Waals surface area contributed by atoms with Crippen LogP contribution in [0.5, 0.6) is 0 Å². The van der Waals surface area contributed by atoms with Crippen molar-refractivity contribution < 1.29 is 9.90 Å². The third-order valence-electron chi connectivity index (χ3n) is 2.62. The number of rotatable bonds is 4. The molecule has 100 valence electrons. The second-order valence-corrected chi connectivity index (χ2v) is 6.34. The van der Waals surface area contributed by atoms with Crippen molar-refractivity contribution in [2.45, 2.75) is 19.4 Å². The maximum atomic E-state index is 10.9. The van der Waals surface area contributed by atoms with Crippen LogP contribution in [0.25, 0.3) is 0 Å². The molecule has 0 aliphatic heterocycles. The molecule has 0 unspecified atom stereocenters. The Balaban J connectivity index is 2.25. The van der Waals surface area contributed by atoms with Gasteiger partial charge in [-0.2, -0.15) is 0 Å². The highest BCUT2D eigenvalue weighted by atomic mass is 79.9. The summed E-state index contributed by atoms with van der Waals surface area (Å²) in [6.07, 6.45) is 1.77. The Morgan fingerprint density at radius 3 is 2.74 bits per heavy atom. The molecule has 0 saturated heterocycles. The van der Waals surface area contributed by atoms with Gasteiger partial charge in [0.25, 0.3) is 0 Å². The zero-order chi connectivity index (χ0) is 14.0.